The Labute approximate surface area is 707 Å². The maximum Gasteiger partial charge on any atom is 0.303 e. The van der Waals surface area contributed by atoms with Crippen molar-refractivity contribution in [2.75, 3.05) is 26.2 Å². The molecule has 1 heterocycles. The van der Waals surface area contributed by atoms with E-state index in [1.165, 1.54) is 52.6 Å². The maximum absolute atomic E-state index is 14.5. The lowest BCUT2D eigenvalue weighted by Crippen LogP contribution is -2.60. The molecule has 1 rings (SSSR count). The van der Waals surface area contributed by atoms with Gasteiger partial charge in [0, 0.05) is 38.1 Å². The molecule has 0 aliphatic rings. The van der Waals surface area contributed by atoms with Crippen molar-refractivity contribution in [1.82, 2.24) is 95.2 Å². The van der Waals surface area contributed by atoms with E-state index in [-0.39, 0.29) is 114 Å². The summed E-state index contributed by atoms with van der Waals surface area (Å²) in [7, 11) is 0. The Morgan fingerprint density at radius 3 is 0.769 bits per heavy atom. The number of nitrogens with zero attached hydrogens (tertiary/aromatic N) is 1. The zero-order valence-corrected chi connectivity index (χ0v) is 72.2. The summed E-state index contributed by atoms with van der Waals surface area (Å²) in [4.78, 5) is 252. The number of unbranched alkanes of at least 4 members (excludes halogenated alkanes) is 4. The van der Waals surface area contributed by atoms with Crippen molar-refractivity contribution >= 4 is 106 Å². The summed E-state index contributed by atoms with van der Waals surface area (Å²) in [6, 6.07) is -20.8. The van der Waals surface area contributed by atoms with Crippen LogP contribution >= 0.6 is 0 Å². The van der Waals surface area contributed by atoms with Gasteiger partial charge in [-0.15, -0.1) is 0 Å². The minimum absolute atomic E-state index is 0.00352. The summed E-state index contributed by atoms with van der Waals surface area (Å²) >= 11 is 0. The smallest absolute Gasteiger partial charge is 0.303 e. The highest BCUT2D eigenvalue weighted by Gasteiger charge is 2.38. The van der Waals surface area contributed by atoms with E-state index in [9.17, 15) is 102 Å². The van der Waals surface area contributed by atoms with E-state index in [4.69, 9.17) is 22.9 Å². The Hall–Kier alpha value is -10.5. The van der Waals surface area contributed by atoms with Crippen LogP contribution in [0.1, 0.15) is 224 Å². The highest BCUT2D eigenvalue weighted by Crippen LogP contribution is 2.16. The number of hydrogen-bond donors (Lipinski definition) is 24. The van der Waals surface area contributed by atoms with Crippen LogP contribution in [0.25, 0.3) is 0 Å². The first-order valence-corrected chi connectivity index (χ1v) is 41.6. The topological polar surface area (TPSA) is 693 Å². The molecule has 43 heteroatoms. The van der Waals surface area contributed by atoms with Crippen molar-refractivity contribution < 1.29 is 102 Å². The van der Waals surface area contributed by atoms with E-state index in [1.807, 2.05) is 0 Å². The van der Waals surface area contributed by atoms with Crippen LogP contribution in [0.15, 0.2) is 12.5 Å². The van der Waals surface area contributed by atoms with E-state index in [0.29, 0.717) is 50.8 Å². The highest BCUT2D eigenvalue weighted by atomic mass is 16.5. The SMILES string of the molecule is CC(=O)N[C@@H](CCCCN)C(=O)N[C@@H](C)C(=O)N[C@@H](CC(C)C)C(=O)N[C@@H](CCC(=O)O)C(=O)N[C@@H](CCCCN)C(=O)N[C@@H](C)C(=O)N[C@@H](CC(C)C)C(=O)N[C@@H](CCCCN)C(=O)N[C@@H](CCC(=O)O)C(=O)N[C@@H](C)C(=O)N[C@@H](CC(C)C)C(=O)N[C@@H](C)C(=O)N[C@@H](CCCCN)C(=O)N[C@@H](CC(C)C)C(=O)N[C@@H](Cc1cnc[nH]1)C(=O)NO. The molecular formula is C78H138N22O21. The monoisotopic (exact) mass is 1720 g/mol. The third-order valence-electron chi connectivity index (χ3n) is 19.0. The van der Waals surface area contributed by atoms with Crippen molar-refractivity contribution in [3.63, 3.8) is 0 Å². The maximum atomic E-state index is 14.5. The molecule has 0 bridgehead atoms. The predicted octanol–water partition coefficient (Wildman–Crippen LogP) is -3.74. The Kier molecular flexibility index (Phi) is 52.4. The molecule has 0 spiro atoms. The molecule has 0 aliphatic carbocycles. The number of imidazole rings is 1. The van der Waals surface area contributed by atoms with Crippen LogP contribution in [-0.4, -0.2) is 249 Å². The third kappa shape index (κ3) is 44.5. The van der Waals surface area contributed by atoms with Crippen molar-refractivity contribution in [3.8, 4) is 0 Å². The number of nitrogens with two attached hydrogens (primary N) is 4. The molecular weight excluding hydrogens is 1580 g/mol. The molecule has 43 nitrogen and oxygen atoms in total. The van der Waals surface area contributed by atoms with Crippen LogP contribution in [0.3, 0.4) is 0 Å². The molecule has 1 aromatic heterocycles. The van der Waals surface area contributed by atoms with E-state index in [0.717, 1.165) is 0 Å². The second-order valence-electron chi connectivity index (χ2n) is 32.1. The number of H-pyrrole nitrogens is 1. The number of carbonyl (C=O) groups excluding carboxylic acids is 16. The van der Waals surface area contributed by atoms with E-state index >= 15 is 0 Å². The molecule has 0 aromatic carbocycles. The normalized spacial score (nSPS) is 15.0. The van der Waals surface area contributed by atoms with Gasteiger partial charge in [-0.1, -0.05) is 55.4 Å². The Morgan fingerprint density at radius 2 is 0.529 bits per heavy atom. The molecule has 16 amide bonds. The van der Waals surface area contributed by atoms with Gasteiger partial charge in [-0.05, 0) is 193 Å². The minimum Gasteiger partial charge on any atom is -0.481 e. The van der Waals surface area contributed by atoms with Gasteiger partial charge in [-0.25, -0.2) is 10.5 Å². The number of aromatic nitrogens is 2. The molecule has 0 fully saturated rings. The van der Waals surface area contributed by atoms with Crippen LogP contribution in [0, 0.1) is 23.7 Å². The first-order chi connectivity index (χ1) is 56.9. The van der Waals surface area contributed by atoms with E-state index < -0.39 is 223 Å². The van der Waals surface area contributed by atoms with Crippen LogP contribution in [-0.2, 0) is 92.7 Å². The zero-order valence-electron chi connectivity index (χ0n) is 72.2. The van der Waals surface area contributed by atoms with Gasteiger partial charge in [0.2, 0.25) is 88.6 Å². The van der Waals surface area contributed by atoms with Crippen LogP contribution in [0.4, 0.5) is 0 Å². The van der Waals surface area contributed by atoms with Gasteiger partial charge < -0.3 is 118 Å². The third-order valence-corrected chi connectivity index (χ3v) is 19.0. The van der Waals surface area contributed by atoms with Crippen LogP contribution in [0.5, 0.6) is 0 Å². The molecule has 121 heavy (non-hydrogen) atoms. The van der Waals surface area contributed by atoms with Gasteiger partial charge in [0.1, 0.15) is 90.6 Å². The number of nitrogens with one attached hydrogen (secondary N) is 17. The van der Waals surface area contributed by atoms with Gasteiger partial charge in [0.05, 0.1) is 6.33 Å². The largest absolute Gasteiger partial charge is 0.481 e. The van der Waals surface area contributed by atoms with Crippen molar-refractivity contribution in [1.29, 1.82) is 0 Å². The van der Waals surface area contributed by atoms with Crippen molar-refractivity contribution in [2.24, 2.45) is 46.6 Å². The molecule has 0 aliphatic heterocycles. The number of amides is 16. The number of hydrogen-bond acceptors (Lipinski definition) is 24. The summed E-state index contributed by atoms with van der Waals surface area (Å²) in [6.45, 7) is 21.3. The summed E-state index contributed by atoms with van der Waals surface area (Å²) in [5.74, 6) is -17.7. The molecule has 28 N–H and O–H groups in total. The molecule has 0 saturated carbocycles. The van der Waals surface area contributed by atoms with Crippen LogP contribution < -0.4 is 108 Å². The second-order valence-corrected chi connectivity index (χ2v) is 32.1. The number of carboxylic acid groups (broad SMARTS) is 2. The minimum atomic E-state index is -1.69. The molecule has 0 radical (unpaired) electrons. The number of rotatable bonds is 62. The van der Waals surface area contributed by atoms with E-state index in [1.54, 1.807) is 55.4 Å². The van der Waals surface area contributed by atoms with E-state index in [2.05, 4.69) is 89.7 Å². The lowest BCUT2D eigenvalue weighted by Gasteiger charge is -2.28. The van der Waals surface area contributed by atoms with Gasteiger partial charge in [0.15, 0.2) is 0 Å². The second kappa shape index (κ2) is 58.4. The number of aliphatic carboxylic acids is 2. The van der Waals surface area contributed by atoms with Gasteiger partial charge in [-0.3, -0.25) is 91.5 Å². The first kappa shape index (κ1) is 108. The molecule has 0 saturated heterocycles. The summed E-state index contributed by atoms with van der Waals surface area (Å²) in [5.41, 5.74) is 24.9. The quantitative estimate of drug-likeness (QED) is 0.0169. The Morgan fingerprint density at radius 1 is 0.306 bits per heavy atom. The fourth-order valence-electron chi connectivity index (χ4n) is 12.4. The lowest BCUT2D eigenvalue weighted by atomic mass is 10.0. The first-order valence-electron chi connectivity index (χ1n) is 41.6. The highest BCUT2D eigenvalue weighted by molar-refractivity contribution is 6.01. The summed E-state index contributed by atoms with van der Waals surface area (Å²) in [6.07, 6.45) is 3.28. The Bertz CT molecular complexity index is 3510. The number of carbonyl (C=O) groups is 18. The Balaban J connectivity index is 3.48. The molecule has 15 atom stereocenters. The average molecular weight is 1720 g/mol. The number of aromatic amines is 1. The lowest BCUT2D eigenvalue weighted by molar-refractivity contribution is -0.139. The molecule has 686 valence electrons. The fraction of sp³-hybridized carbons (Fsp3) is 0.731. The molecule has 0 unspecified atom stereocenters. The van der Waals surface area contributed by atoms with Crippen molar-refractivity contribution in [3.05, 3.63) is 18.2 Å². The number of carboxylic acids is 2. The standard InChI is InChI=1S/C78H138N22O21/c1-41(2)34-57(74(116)88-45(9)64(106)90-53(24-16-20-32-81)72(114)98-60(37-44(7)8)77(119)99-61(78(120)100-121)38-50-39-83-40-84-50)95-65(107)48(12)87-70(112)55(26-28-62(102)103)93-71(113)54(25-17-21-33-82)92-75(117)58(35-42(3)4)96-67(109)47(11)86-69(111)52(23-15-19-31-80)91-73(115)56(27-29-63(104)105)94-76(118)59(36-43(5)6)97-66(108)46(10)85-68(110)51(89-49(13)101)22-14-18-30-79/h39-48,51-61,121H,14-38,79-82H2,1-13H3,(H,83,84)(H,85,110)(H,86,111)(H,87,112)(H,88,116)(H,89,101)(H,90,106)(H,91,115)(H,92,117)(H,93,113)(H,94,118)(H,95,107)(H,96,109)(H,97,108)(H,98,114)(H,99,119)(H,100,120)(H,102,103)(H,104,105)/t45-,46-,47-,48-,51-,52-,53-,54-,55-,56-,57-,58-,59-,60-,61-/m0/s1. The van der Waals surface area contributed by atoms with Crippen molar-refractivity contribution in [2.45, 2.75) is 315 Å². The average Bonchev–Trinajstić information content (AvgIpc) is 1.11. The van der Waals surface area contributed by atoms with Gasteiger partial charge >= 0.3 is 11.9 Å². The summed E-state index contributed by atoms with van der Waals surface area (Å²) < 4.78 is 0. The van der Waals surface area contributed by atoms with Crippen LogP contribution in [0.2, 0.25) is 0 Å². The molecule has 1 aromatic rings. The predicted molar refractivity (Wildman–Crippen MR) is 443 cm³/mol. The zero-order chi connectivity index (χ0) is 91.8. The van der Waals surface area contributed by atoms with Gasteiger partial charge in [-0.2, -0.15) is 0 Å². The fourth-order valence-corrected chi connectivity index (χ4v) is 12.4. The number of hydroxylamine groups is 1. The van der Waals surface area contributed by atoms with Gasteiger partial charge in [0.25, 0.3) is 5.91 Å². The summed E-state index contributed by atoms with van der Waals surface area (Å²) in [5, 5.41) is 67.3.